The van der Waals surface area contributed by atoms with Crippen molar-refractivity contribution in [2.24, 2.45) is 0 Å². The van der Waals surface area contributed by atoms with Crippen LogP contribution in [-0.2, 0) is 12.8 Å². The highest BCUT2D eigenvalue weighted by atomic mass is 35.5. The first-order valence-electron chi connectivity index (χ1n) is 4.71. The van der Waals surface area contributed by atoms with Crippen molar-refractivity contribution < 1.29 is 4.39 Å². The monoisotopic (exact) mass is 213 g/mol. The van der Waals surface area contributed by atoms with E-state index in [2.05, 4.69) is 4.90 Å². The summed E-state index contributed by atoms with van der Waals surface area (Å²) in [6.07, 6.45) is 1.70. The van der Waals surface area contributed by atoms with Crippen LogP contribution >= 0.6 is 11.6 Å². The fourth-order valence-electron chi connectivity index (χ4n) is 1.99. The predicted octanol–water partition coefficient (Wildman–Crippen LogP) is 2.51. The summed E-state index contributed by atoms with van der Waals surface area (Å²) in [7, 11) is 4.05. The minimum Gasteiger partial charge on any atom is -0.306 e. The molecule has 2 rings (SSSR count). The zero-order chi connectivity index (χ0) is 10.3. The Labute approximate surface area is 88.5 Å². The molecule has 0 amide bonds. The largest absolute Gasteiger partial charge is 0.306 e. The van der Waals surface area contributed by atoms with E-state index in [-0.39, 0.29) is 5.82 Å². The second kappa shape index (κ2) is 3.52. The molecule has 76 valence electrons. The average Bonchev–Trinajstić information content (AvgIpc) is 2.47. The third-order valence-electron chi connectivity index (χ3n) is 2.88. The van der Waals surface area contributed by atoms with Crippen LogP contribution in [0.5, 0.6) is 0 Å². The summed E-state index contributed by atoms with van der Waals surface area (Å²) in [5.74, 6) is -0.156. The van der Waals surface area contributed by atoms with Gasteiger partial charge in [0.1, 0.15) is 5.82 Å². The lowest BCUT2D eigenvalue weighted by molar-refractivity contribution is 0.302. The van der Waals surface area contributed by atoms with Crippen LogP contribution in [0.2, 0.25) is 5.02 Å². The minimum absolute atomic E-state index is 0.156. The minimum atomic E-state index is -0.156. The van der Waals surface area contributed by atoms with Gasteiger partial charge in [0.15, 0.2) is 0 Å². The van der Waals surface area contributed by atoms with Gasteiger partial charge in [-0.2, -0.15) is 0 Å². The van der Waals surface area contributed by atoms with Crippen LogP contribution < -0.4 is 0 Å². The van der Waals surface area contributed by atoms with E-state index in [1.807, 2.05) is 20.2 Å². The van der Waals surface area contributed by atoms with E-state index in [9.17, 15) is 4.39 Å². The molecule has 0 aromatic heterocycles. The molecule has 0 heterocycles. The van der Waals surface area contributed by atoms with Crippen LogP contribution in [0, 0.1) is 5.82 Å². The topological polar surface area (TPSA) is 3.24 Å². The summed E-state index contributed by atoms with van der Waals surface area (Å²) in [6, 6.07) is 3.69. The number of hydrogen-bond donors (Lipinski definition) is 0. The smallest absolute Gasteiger partial charge is 0.128 e. The predicted molar refractivity (Wildman–Crippen MR) is 56.3 cm³/mol. The van der Waals surface area contributed by atoms with Crippen molar-refractivity contribution in [2.75, 3.05) is 14.1 Å². The number of likely N-dealkylation sites (N-methyl/N-ethyl adjacent to an activating group) is 1. The maximum Gasteiger partial charge on any atom is 0.128 e. The number of nitrogens with zero attached hydrogens (tertiary/aromatic N) is 1. The number of fused-ring (bicyclic) bond motifs is 1. The fraction of sp³-hybridized carbons (Fsp3) is 0.455. The van der Waals surface area contributed by atoms with Gasteiger partial charge in [-0.3, -0.25) is 0 Å². The Balaban J connectivity index is 2.35. The molecule has 1 unspecified atom stereocenters. The molecule has 0 spiro atoms. The maximum absolute atomic E-state index is 13.5. The molecule has 3 heteroatoms. The van der Waals surface area contributed by atoms with Crippen LogP contribution in [0.1, 0.15) is 11.1 Å². The summed E-state index contributed by atoms with van der Waals surface area (Å²) in [6.45, 7) is 0. The molecule has 0 saturated carbocycles. The highest BCUT2D eigenvalue weighted by Gasteiger charge is 2.25. The Morgan fingerprint density at radius 2 is 2.07 bits per heavy atom. The first-order valence-corrected chi connectivity index (χ1v) is 5.09. The summed E-state index contributed by atoms with van der Waals surface area (Å²) < 4.78 is 13.5. The molecule has 1 aromatic rings. The molecule has 1 aliphatic carbocycles. The average molecular weight is 214 g/mol. The summed E-state index contributed by atoms with van der Waals surface area (Å²) in [5, 5.41) is 0.501. The second-order valence-electron chi connectivity index (χ2n) is 4.05. The molecule has 1 aromatic carbocycles. The van der Waals surface area contributed by atoms with Gasteiger partial charge in [-0.05, 0) is 50.2 Å². The normalized spacial score (nSPS) is 20.2. The molecule has 0 bridgehead atoms. The number of halogens is 2. The number of rotatable bonds is 1. The SMILES string of the molecule is CN(C)C1Cc2cc(Cl)cc(F)c2C1. The van der Waals surface area contributed by atoms with Gasteiger partial charge in [0.25, 0.3) is 0 Å². The van der Waals surface area contributed by atoms with Crippen LogP contribution in [0.15, 0.2) is 12.1 Å². The van der Waals surface area contributed by atoms with E-state index >= 15 is 0 Å². The van der Waals surface area contributed by atoms with Crippen molar-refractivity contribution in [2.45, 2.75) is 18.9 Å². The van der Waals surface area contributed by atoms with Gasteiger partial charge < -0.3 is 4.90 Å². The second-order valence-corrected chi connectivity index (χ2v) is 4.49. The molecular weight excluding hydrogens is 201 g/mol. The van der Waals surface area contributed by atoms with Crippen molar-refractivity contribution in [1.82, 2.24) is 4.90 Å². The van der Waals surface area contributed by atoms with Crippen molar-refractivity contribution >= 4 is 11.6 Å². The Morgan fingerprint density at radius 3 is 2.71 bits per heavy atom. The quantitative estimate of drug-likeness (QED) is 0.693. The third kappa shape index (κ3) is 1.64. The van der Waals surface area contributed by atoms with E-state index in [1.54, 1.807) is 0 Å². The summed E-state index contributed by atoms with van der Waals surface area (Å²) >= 11 is 5.80. The molecule has 0 radical (unpaired) electrons. The van der Waals surface area contributed by atoms with E-state index in [0.717, 1.165) is 24.0 Å². The van der Waals surface area contributed by atoms with Gasteiger partial charge in [-0.25, -0.2) is 4.39 Å². The van der Waals surface area contributed by atoms with E-state index in [0.29, 0.717) is 11.1 Å². The number of hydrogen-bond acceptors (Lipinski definition) is 1. The molecule has 0 saturated heterocycles. The van der Waals surface area contributed by atoms with Crippen LogP contribution in [-0.4, -0.2) is 25.0 Å². The molecule has 1 aliphatic rings. The van der Waals surface area contributed by atoms with Crippen LogP contribution in [0.3, 0.4) is 0 Å². The van der Waals surface area contributed by atoms with E-state index in [1.165, 1.54) is 6.07 Å². The molecule has 0 N–H and O–H groups in total. The van der Waals surface area contributed by atoms with Crippen molar-refractivity contribution in [3.05, 3.63) is 34.1 Å². The first-order chi connectivity index (χ1) is 6.58. The molecular formula is C11H13ClFN. The zero-order valence-corrected chi connectivity index (χ0v) is 9.11. The molecule has 1 nitrogen and oxygen atoms in total. The van der Waals surface area contributed by atoms with Crippen molar-refractivity contribution in [1.29, 1.82) is 0 Å². The van der Waals surface area contributed by atoms with Gasteiger partial charge in [0.2, 0.25) is 0 Å². The Bertz CT molecular complexity index is 363. The third-order valence-corrected chi connectivity index (χ3v) is 3.10. The van der Waals surface area contributed by atoms with E-state index < -0.39 is 0 Å². The molecule has 0 fully saturated rings. The first kappa shape index (κ1) is 9.94. The lowest BCUT2D eigenvalue weighted by Gasteiger charge is -2.17. The van der Waals surface area contributed by atoms with Gasteiger partial charge in [-0.15, -0.1) is 0 Å². The van der Waals surface area contributed by atoms with E-state index in [4.69, 9.17) is 11.6 Å². The molecule has 0 aliphatic heterocycles. The van der Waals surface area contributed by atoms with Crippen LogP contribution in [0.25, 0.3) is 0 Å². The van der Waals surface area contributed by atoms with Gasteiger partial charge in [0, 0.05) is 11.1 Å². The lowest BCUT2D eigenvalue weighted by Crippen LogP contribution is -2.28. The standard InChI is InChI=1S/C11H13ClFN/c1-14(2)9-4-7-3-8(12)5-11(13)10(7)6-9/h3,5,9H,4,6H2,1-2H3. The Kier molecular flexibility index (Phi) is 2.50. The highest BCUT2D eigenvalue weighted by molar-refractivity contribution is 6.30. The summed E-state index contributed by atoms with van der Waals surface area (Å²) in [4.78, 5) is 2.13. The lowest BCUT2D eigenvalue weighted by atomic mass is 10.1. The summed E-state index contributed by atoms with van der Waals surface area (Å²) in [5.41, 5.74) is 1.90. The van der Waals surface area contributed by atoms with Crippen LogP contribution in [0.4, 0.5) is 4.39 Å². The van der Waals surface area contributed by atoms with Crippen molar-refractivity contribution in [3.8, 4) is 0 Å². The van der Waals surface area contributed by atoms with Gasteiger partial charge in [-0.1, -0.05) is 11.6 Å². The number of benzene rings is 1. The highest BCUT2D eigenvalue weighted by Crippen LogP contribution is 2.29. The molecule has 1 atom stereocenters. The van der Waals surface area contributed by atoms with Gasteiger partial charge in [0.05, 0.1) is 0 Å². The maximum atomic E-state index is 13.5. The Hall–Kier alpha value is -0.600. The fourth-order valence-corrected chi connectivity index (χ4v) is 2.22. The zero-order valence-electron chi connectivity index (χ0n) is 8.35. The van der Waals surface area contributed by atoms with Gasteiger partial charge >= 0.3 is 0 Å². The molecule has 14 heavy (non-hydrogen) atoms. The Morgan fingerprint density at radius 1 is 1.36 bits per heavy atom. The van der Waals surface area contributed by atoms with Crippen molar-refractivity contribution in [3.63, 3.8) is 0 Å².